The fraction of sp³-hybridized carbons (Fsp3) is 0.100. The minimum absolute atomic E-state index is 0.233. The van der Waals surface area contributed by atoms with Crippen LogP contribution in [0.2, 0.25) is 0 Å². The Morgan fingerprint density at radius 3 is 2.57 bits per heavy atom. The largest absolute Gasteiger partial charge is 0.494 e. The summed E-state index contributed by atoms with van der Waals surface area (Å²) in [6, 6.07) is 2.34. The lowest BCUT2D eigenvalue weighted by molar-refractivity contribution is 0.104. The molecule has 0 atom stereocenters. The summed E-state index contributed by atoms with van der Waals surface area (Å²) in [6.45, 7) is 3.18. The minimum atomic E-state index is -1.21. The van der Waals surface area contributed by atoms with Gasteiger partial charge in [0.05, 0.1) is 12.7 Å². The van der Waals surface area contributed by atoms with Crippen molar-refractivity contribution in [2.75, 3.05) is 7.11 Å². The molecule has 0 aromatic heterocycles. The second kappa shape index (κ2) is 4.00. The topological polar surface area (TPSA) is 26.3 Å². The van der Waals surface area contributed by atoms with Crippen LogP contribution in [-0.2, 0) is 0 Å². The van der Waals surface area contributed by atoms with Crippen LogP contribution in [0.25, 0.3) is 0 Å². The quantitative estimate of drug-likeness (QED) is 0.550. The van der Waals surface area contributed by atoms with E-state index in [1.165, 1.54) is 13.2 Å². The molecule has 1 aromatic carbocycles. The van der Waals surface area contributed by atoms with Gasteiger partial charge in [0.2, 0.25) is 5.82 Å². The number of carbonyl (C=O) groups is 1. The van der Waals surface area contributed by atoms with Crippen molar-refractivity contribution in [2.45, 2.75) is 0 Å². The maximum Gasteiger partial charge on any atom is 0.201 e. The molecule has 4 heteroatoms. The first-order valence-corrected chi connectivity index (χ1v) is 3.80. The molecule has 0 saturated heterocycles. The number of ether oxygens (including phenoxy) is 1. The zero-order valence-corrected chi connectivity index (χ0v) is 7.51. The van der Waals surface area contributed by atoms with Crippen molar-refractivity contribution in [3.8, 4) is 5.75 Å². The summed E-state index contributed by atoms with van der Waals surface area (Å²) < 4.78 is 30.8. The van der Waals surface area contributed by atoms with E-state index < -0.39 is 17.4 Å². The molecule has 0 unspecified atom stereocenters. The van der Waals surface area contributed by atoms with E-state index in [4.69, 9.17) is 0 Å². The van der Waals surface area contributed by atoms with Crippen LogP contribution < -0.4 is 4.74 Å². The van der Waals surface area contributed by atoms with E-state index in [9.17, 15) is 13.6 Å². The van der Waals surface area contributed by atoms with E-state index >= 15 is 0 Å². The zero-order chi connectivity index (χ0) is 10.7. The van der Waals surface area contributed by atoms with Crippen LogP contribution in [0.5, 0.6) is 5.75 Å². The predicted molar refractivity (Wildman–Crippen MR) is 47.4 cm³/mol. The average molecular weight is 198 g/mol. The SMILES string of the molecule is C=CC(=O)c1ccc(OC)c(F)c1F. The van der Waals surface area contributed by atoms with Crippen LogP contribution in [0.3, 0.4) is 0 Å². The van der Waals surface area contributed by atoms with Crippen LogP contribution in [0, 0.1) is 11.6 Å². The maximum atomic E-state index is 13.2. The Morgan fingerprint density at radius 2 is 2.07 bits per heavy atom. The highest BCUT2D eigenvalue weighted by Crippen LogP contribution is 2.22. The number of ketones is 1. The van der Waals surface area contributed by atoms with Crippen LogP contribution in [0.4, 0.5) is 8.78 Å². The van der Waals surface area contributed by atoms with E-state index in [-0.39, 0.29) is 11.3 Å². The van der Waals surface area contributed by atoms with Crippen LogP contribution in [0.1, 0.15) is 10.4 Å². The molecule has 1 rings (SSSR count). The van der Waals surface area contributed by atoms with Crippen molar-refractivity contribution < 1.29 is 18.3 Å². The molecule has 0 fully saturated rings. The first-order chi connectivity index (χ1) is 6.61. The lowest BCUT2D eigenvalue weighted by Crippen LogP contribution is -2.02. The fourth-order valence-electron chi connectivity index (χ4n) is 0.990. The molecule has 1 aromatic rings. The number of rotatable bonds is 3. The molecule has 0 radical (unpaired) electrons. The van der Waals surface area contributed by atoms with Gasteiger partial charge in [-0.15, -0.1) is 0 Å². The number of hydrogen-bond donors (Lipinski definition) is 0. The number of hydrogen-bond acceptors (Lipinski definition) is 2. The van der Waals surface area contributed by atoms with Gasteiger partial charge in [-0.05, 0) is 18.2 Å². The van der Waals surface area contributed by atoms with Crippen molar-refractivity contribution in [1.82, 2.24) is 0 Å². The van der Waals surface area contributed by atoms with Crippen molar-refractivity contribution in [3.05, 3.63) is 42.0 Å². The van der Waals surface area contributed by atoms with Gasteiger partial charge in [0.1, 0.15) is 0 Å². The number of carbonyl (C=O) groups excluding carboxylic acids is 1. The molecule has 0 aliphatic heterocycles. The fourth-order valence-corrected chi connectivity index (χ4v) is 0.990. The van der Waals surface area contributed by atoms with Gasteiger partial charge in [-0.25, -0.2) is 4.39 Å². The standard InChI is InChI=1S/C10H8F2O2/c1-3-7(13)6-4-5-8(14-2)10(12)9(6)11/h3-5H,1H2,2H3. The second-order valence-corrected chi connectivity index (χ2v) is 2.51. The monoisotopic (exact) mass is 198 g/mol. The molecule has 0 heterocycles. The Labute approximate surface area is 79.8 Å². The van der Waals surface area contributed by atoms with Crippen LogP contribution in [0.15, 0.2) is 24.8 Å². The van der Waals surface area contributed by atoms with E-state index in [0.29, 0.717) is 0 Å². The third-order valence-electron chi connectivity index (χ3n) is 1.72. The van der Waals surface area contributed by atoms with Crippen molar-refractivity contribution >= 4 is 5.78 Å². The third-order valence-corrected chi connectivity index (χ3v) is 1.72. The second-order valence-electron chi connectivity index (χ2n) is 2.51. The molecule has 0 N–H and O–H groups in total. The molecular formula is C10H8F2O2. The molecule has 74 valence electrons. The van der Waals surface area contributed by atoms with E-state index in [0.717, 1.165) is 12.1 Å². The average Bonchev–Trinajstić information content (AvgIpc) is 2.21. The van der Waals surface area contributed by atoms with Gasteiger partial charge in [0.25, 0.3) is 0 Å². The minimum Gasteiger partial charge on any atom is -0.494 e. The van der Waals surface area contributed by atoms with E-state index in [1.807, 2.05) is 0 Å². The number of methoxy groups -OCH3 is 1. The number of allylic oxidation sites excluding steroid dienone is 1. The molecule has 0 saturated carbocycles. The Morgan fingerprint density at radius 1 is 1.43 bits per heavy atom. The summed E-state index contributed by atoms with van der Waals surface area (Å²) >= 11 is 0. The molecule has 14 heavy (non-hydrogen) atoms. The molecule has 0 aliphatic carbocycles. The normalized spacial score (nSPS) is 9.64. The molecule has 0 bridgehead atoms. The van der Waals surface area contributed by atoms with E-state index in [1.54, 1.807) is 0 Å². The lowest BCUT2D eigenvalue weighted by atomic mass is 10.1. The predicted octanol–water partition coefficient (Wildman–Crippen LogP) is 2.34. The summed E-state index contributed by atoms with van der Waals surface area (Å²) in [5.74, 6) is -3.28. The summed E-state index contributed by atoms with van der Waals surface area (Å²) in [5.41, 5.74) is -0.349. The highest BCUT2D eigenvalue weighted by Gasteiger charge is 2.16. The zero-order valence-electron chi connectivity index (χ0n) is 7.51. The Kier molecular flexibility index (Phi) is 2.96. The Hall–Kier alpha value is -1.71. The maximum absolute atomic E-state index is 13.2. The number of halogens is 2. The third kappa shape index (κ3) is 1.64. The van der Waals surface area contributed by atoms with Crippen LogP contribution in [-0.4, -0.2) is 12.9 Å². The van der Waals surface area contributed by atoms with Gasteiger partial charge in [-0.3, -0.25) is 4.79 Å². The van der Waals surface area contributed by atoms with Gasteiger partial charge in [-0.1, -0.05) is 6.58 Å². The first-order valence-electron chi connectivity index (χ1n) is 3.80. The van der Waals surface area contributed by atoms with Crippen molar-refractivity contribution in [2.24, 2.45) is 0 Å². The highest BCUT2D eigenvalue weighted by atomic mass is 19.2. The lowest BCUT2D eigenvalue weighted by Gasteiger charge is -2.04. The van der Waals surface area contributed by atoms with Crippen molar-refractivity contribution in [3.63, 3.8) is 0 Å². The molecular weight excluding hydrogens is 190 g/mol. The summed E-state index contributed by atoms with van der Waals surface area (Å²) in [5, 5.41) is 0. The smallest absolute Gasteiger partial charge is 0.201 e. The Bertz CT molecular complexity index is 386. The van der Waals surface area contributed by atoms with Gasteiger partial charge < -0.3 is 4.74 Å². The van der Waals surface area contributed by atoms with E-state index in [2.05, 4.69) is 11.3 Å². The first kappa shape index (κ1) is 10.4. The number of benzene rings is 1. The molecule has 0 amide bonds. The summed E-state index contributed by atoms with van der Waals surface area (Å²) in [7, 11) is 1.22. The molecule has 2 nitrogen and oxygen atoms in total. The molecule has 0 spiro atoms. The Balaban J connectivity index is 3.30. The summed E-state index contributed by atoms with van der Waals surface area (Å²) in [6.07, 6.45) is 0.921. The van der Waals surface area contributed by atoms with Gasteiger partial charge in [-0.2, -0.15) is 4.39 Å². The van der Waals surface area contributed by atoms with Crippen molar-refractivity contribution in [1.29, 1.82) is 0 Å². The van der Waals surface area contributed by atoms with Gasteiger partial charge in [0.15, 0.2) is 17.3 Å². The van der Waals surface area contributed by atoms with Crippen LogP contribution >= 0.6 is 0 Å². The van der Waals surface area contributed by atoms with Gasteiger partial charge in [0, 0.05) is 0 Å². The summed E-state index contributed by atoms with van der Waals surface area (Å²) in [4.78, 5) is 11.0. The highest BCUT2D eigenvalue weighted by molar-refractivity contribution is 6.04. The molecule has 0 aliphatic rings. The van der Waals surface area contributed by atoms with Gasteiger partial charge >= 0.3 is 0 Å².